The fourth-order valence-corrected chi connectivity index (χ4v) is 2.06. The molecule has 3 nitrogen and oxygen atoms in total. The standard InChI is InChI=1S/C17H22ClNO2/c1-12(2)9-19-10-15-4-5-16(21-15)11-20-14-6-7-17(18)13(3)8-14/h4-8,12,19H,9-11H2,1-3H3. The third kappa shape index (κ3) is 5.10. The van der Waals surface area contributed by atoms with Crippen LogP contribution < -0.4 is 10.1 Å². The van der Waals surface area contributed by atoms with Gasteiger partial charge in [-0.15, -0.1) is 0 Å². The molecule has 0 atom stereocenters. The molecule has 114 valence electrons. The van der Waals surface area contributed by atoms with Crippen LogP contribution in [-0.4, -0.2) is 6.54 Å². The molecule has 0 fully saturated rings. The predicted molar refractivity (Wildman–Crippen MR) is 85.8 cm³/mol. The summed E-state index contributed by atoms with van der Waals surface area (Å²) < 4.78 is 11.4. The average molecular weight is 308 g/mol. The van der Waals surface area contributed by atoms with Gasteiger partial charge in [-0.05, 0) is 55.3 Å². The van der Waals surface area contributed by atoms with Gasteiger partial charge in [0.1, 0.15) is 23.9 Å². The molecule has 4 heteroatoms. The summed E-state index contributed by atoms with van der Waals surface area (Å²) in [5, 5.41) is 4.10. The number of hydrogen-bond donors (Lipinski definition) is 1. The monoisotopic (exact) mass is 307 g/mol. The molecule has 21 heavy (non-hydrogen) atoms. The average Bonchev–Trinajstić information content (AvgIpc) is 2.88. The van der Waals surface area contributed by atoms with Crippen molar-refractivity contribution in [2.45, 2.75) is 33.9 Å². The molecule has 0 saturated carbocycles. The van der Waals surface area contributed by atoms with Crippen LogP contribution in [0.4, 0.5) is 0 Å². The normalized spacial score (nSPS) is 11.1. The molecule has 1 heterocycles. The molecule has 0 amide bonds. The van der Waals surface area contributed by atoms with Crippen LogP contribution in [0.5, 0.6) is 5.75 Å². The van der Waals surface area contributed by atoms with Crippen molar-refractivity contribution >= 4 is 11.6 Å². The van der Waals surface area contributed by atoms with Crippen LogP contribution in [0.1, 0.15) is 30.9 Å². The number of aryl methyl sites for hydroxylation is 1. The molecule has 0 radical (unpaired) electrons. The lowest BCUT2D eigenvalue weighted by atomic mass is 10.2. The Bertz CT molecular complexity index is 578. The molecule has 0 aliphatic rings. The van der Waals surface area contributed by atoms with Gasteiger partial charge in [-0.25, -0.2) is 0 Å². The topological polar surface area (TPSA) is 34.4 Å². The Morgan fingerprint density at radius 2 is 1.95 bits per heavy atom. The van der Waals surface area contributed by atoms with Crippen molar-refractivity contribution in [2.75, 3.05) is 6.54 Å². The zero-order valence-corrected chi connectivity index (χ0v) is 13.5. The first kappa shape index (κ1) is 15.9. The van der Waals surface area contributed by atoms with Gasteiger partial charge in [0.2, 0.25) is 0 Å². The Hall–Kier alpha value is -1.45. The van der Waals surface area contributed by atoms with Gasteiger partial charge in [0.25, 0.3) is 0 Å². The van der Waals surface area contributed by atoms with Crippen molar-refractivity contribution in [3.63, 3.8) is 0 Å². The Balaban J connectivity index is 1.83. The molecule has 0 aliphatic carbocycles. The van der Waals surface area contributed by atoms with Gasteiger partial charge < -0.3 is 14.5 Å². The summed E-state index contributed by atoms with van der Waals surface area (Å²) in [4.78, 5) is 0. The van der Waals surface area contributed by atoms with Crippen molar-refractivity contribution in [1.29, 1.82) is 0 Å². The first-order valence-corrected chi connectivity index (χ1v) is 7.59. The zero-order valence-electron chi connectivity index (χ0n) is 12.8. The van der Waals surface area contributed by atoms with E-state index in [1.54, 1.807) is 0 Å². The van der Waals surface area contributed by atoms with E-state index in [1.807, 2.05) is 37.3 Å². The van der Waals surface area contributed by atoms with Crippen LogP contribution in [0.2, 0.25) is 5.02 Å². The zero-order chi connectivity index (χ0) is 15.2. The van der Waals surface area contributed by atoms with Gasteiger partial charge in [0, 0.05) is 5.02 Å². The quantitative estimate of drug-likeness (QED) is 0.814. The minimum atomic E-state index is 0.422. The highest BCUT2D eigenvalue weighted by molar-refractivity contribution is 6.31. The van der Waals surface area contributed by atoms with Gasteiger partial charge in [0.15, 0.2) is 0 Å². The van der Waals surface area contributed by atoms with E-state index >= 15 is 0 Å². The van der Waals surface area contributed by atoms with Crippen molar-refractivity contribution in [3.05, 3.63) is 52.4 Å². The fourth-order valence-electron chi connectivity index (χ4n) is 1.94. The van der Waals surface area contributed by atoms with E-state index in [0.717, 1.165) is 40.9 Å². The van der Waals surface area contributed by atoms with Crippen LogP contribution in [0.3, 0.4) is 0 Å². The van der Waals surface area contributed by atoms with E-state index in [1.165, 1.54) is 0 Å². The Morgan fingerprint density at radius 3 is 2.67 bits per heavy atom. The molecule has 0 saturated heterocycles. The summed E-state index contributed by atoms with van der Waals surface area (Å²) in [6.07, 6.45) is 0. The molecular formula is C17H22ClNO2. The molecule has 0 unspecified atom stereocenters. The van der Waals surface area contributed by atoms with Crippen LogP contribution in [-0.2, 0) is 13.2 Å². The largest absolute Gasteiger partial charge is 0.486 e. The maximum atomic E-state index is 5.99. The molecule has 0 aliphatic heterocycles. The summed E-state index contributed by atoms with van der Waals surface area (Å²) in [5.74, 6) is 3.19. The molecule has 0 spiro atoms. The lowest BCUT2D eigenvalue weighted by molar-refractivity contribution is 0.264. The van der Waals surface area contributed by atoms with E-state index in [2.05, 4.69) is 19.2 Å². The number of benzene rings is 1. The maximum absolute atomic E-state index is 5.99. The van der Waals surface area contributed by atoms with Crippen molar-refractivity contribution in [1.82, 2.24) is 5.32 Å². The van der Waals surface area contributed by atoms with Gasteiger partial charge in [-0.2, -0.15) is 0 Å². The van der Waals surface area contributed by atoms with E-state index in [0.29, 0.717) is 12.5 Å². The minimum Gasteiger partial charge on any atom is -0.486 e. The van der Waals surface area contributed by atoms with Crippen molar-refractivity contribution in [3.8, 4) is 5.75 Å². The second-order valence-electron chi connectivity index (χ2n) is 5.59. The van der Waals surface area contributed by atoms with Crippen LogP contribution in [0, 0.1) is 12.8 Å². The summed E-state index contributed by atoms with van der Waals surface area (Å²) in [6, 6.07) is 9.57. The van der Waals surface area contributed by atoms with Crippen LogP contribution in [0.15, 0.2) is 34.7 Å². The summed E-state index contributed by atoms with van der Waals surface area (Å²) >= 11 is 5.99. The molecule has 0 bridgehead atoms. The third-order valence-electron chi connectivity index (χ3n) is 3.08. The lowest BCUT2D eigenvalue weighted by Gasteiger charge is -2.06. The van der Waals surface area contributed by atoms with E-state index < -0.39 is 0 Å². The Labute approximate surface area is 131 Å². The highest BCUT2D eigenvalue weighted by atomic mass is 35.5. The highest BCUT2D eigenvalue weighted by Crippen LogP contribution is 2.22. The molecule has 1 N–H and O–H groups in total. The predicted octanol–water partition coefficient (Wildman–Crippen LogP) is 4.57. The molecular weight excluding hydrogens is 286 g/mol. The molecule has 1 aromatic heterocycles. The number of rotatable bonds is 7. The van der Waals surface area contributed by atoms with Crippen molar-refractivity contribution < 1.29 is 9.15 Å². The summed E-state index contributed by atoms with van der Waals surface area (Å²) in [7, 11) is 0. The van der Waals surface area contributed by atoms with E-state index in [9.17, 15) is 0 Å². The lowest BCUT2D eigenvalue weighted by Crippen LogP contribution is -2.18. The number of ether oxygens (including phenoxy) is 1. The molecule has 1 aromatic carbocycles. The van der Waals surface area contributed by atoms with Gasteiger partial charge in [-0.1, -0.05) is 25.4 Å². The molecule has 2 rings (SSSR count). The van der Waals surface area contributed by atoms with Crippen LogP contribution >= 0.6 is 11.6 Å². The molecule has 2 aromatic rings. The van der Waals surface area contributed by atoms with E-state index in [-0.39, 0.29) is 0 Å². The summed E-state index contributed by atoms with van der Waals surface area (Å²) in [6.45, 7) is 8.48. The first-order chi connectivity index (χ1) is 10.0. The smallest absolute Gasteiger partial charge is 0.146 e. The SMILES string of the molecule is Cc1cc(OCc2ccc(CNCC(C)C)o2)ccc1Cl. The van der Waals surface area contributed by atoms with Gasteiger partial charge in [0.05, 0.1) is 6.54 Å². The number of halogens is 1. The van der Waals surface area contributed by atoms with Crippen molar-refractivity contribution in [2.24, 2.45) is 5.92 Å². The minimum absolute atomic E-state index is 0.422. The highest BCUT2D eigenvalue weighted by Gasteiger charge is 2.04. The number of furan rings is 1. The maximum Gasteiger partial charge on any atom is 0.146 e. The number of nitrogens with one attached hydrogen (secondary N) is 1. The number of hydrogen-bond acceptors (Lipinski definition) is 3. The van der Waals surface area contributed by atoms with Gasteiger partial charge in [-0.3, -0.25) is 0 Å². The fraction of sp³-hybridized carbons (Fsp3) is 0.412. The second-order valence-corrected chi connectivity index (χ2v) is 6.00. The Morgan fingerprint density at radius 1 is 1.19 bits per heavy atom. The van der Waals surface area contributed by atoms with Crippen LogP contribution in [0.25, 0.3) is 0 Å². The van der Waals surface area contributed by atoms with E-state index in [4.69, 9.17) is 20.8 Å². The Kier molecular flexibility index (Phi) is 5.71. The first-order valence-electron chi connectivity index (χ1n) is 7.22. The second kappa shape index (κ2) is 7.53. The van der Waals surface area contributed by atoms with Gasteiger partial charge >= 0.3 is 0 Å². The third-order valence-corrected chi connectivity index (χ3v) is 3.50. The summed E-state index contributed by atoms with van der Waals surface area (Å²) in [5.41, 5.74) is 1.01.